The van der Waals surface area contributed by atoms with Crippen molar-refractivity contribution < 1.29 is 5.11 Å². The van der Waals surface area contributed by atoms with Gasteiger partial charge < -0.3 is 10.4 Å². The van der Waals surface area contributed by atoms with Gasteiger partial charge in [0.05, 0.1) is 6.10 Å². The molecule has 0 saturated heterocycles. The maximum absolute atomic E-state index is 9.62. The fraction of sp³-hybridized carbons (Fsp3) is 0.571. The smallest absolute Gasteiger partial charge is 0.0543 e. The van der Waals surface area contributed by atoms with Crippen molar-refractivity contribution in [1.82, 2.24) is 5.32 Å². The molecule has 0 aromatic heterocycles. The first-order valence-corrected chi connectivity index (χ1v) is 7.65. The first-order chi connectivity index (χ1) is 8.65. The zero-order chi connectivity index (χ0) is 13.0. The van der Waals surface area contributed by atoms with Crippen molar-refractivity contribution >= 4 is 27.5 Å². The Morgan fingerprint density at radius 2 is 2.22 bits per heavy atom. The molecule has 2 N–H and O–H groups in total. The molecule has 1 aromatic rings. The molecule has 18 heavy (non-hydrogen) atoms. The average Bonchev–Trinajstić information content (AvgIpc) is 2.34. The molecule has 0 bridgehead atoms. The lowest BCUT2D eigenvalue weighted by molar-refractivity contribution is 0.101. The van der Waals surface area contributed by atoms with Crippen molar-refractivity contribution in [3.63, 3.8) is 0 Å². The number of hydrogen-bond acceptors (Lipinski definition) is 2. The number of nitrogens with one attached hydrogen (secondary N) is 1. The van der Waals surface area contributed by atoms with Crippen molar-refractivity contribution in [1.29, 1.82) is 0 Å². The summed E-state index contributed by atoms with van der Waals surface area (Å²) in [6, 6.07) is 5.84. The highest BCUT2D eigenvalue weighted by molar-refractivity contribution is 9.10. The Labute approximate surface area is 122 Å². The van der Waals surface area contributed by atoms with Crippen LogP contribution in [0.4, 0.5) is 0 Å². The van der Waals surface area contributed by atoms with Gasteiger partial charge in [-0.15, -0.1) is 0 Å². The third-order valence-electron chi connectivity index (χ3n) is 3.51. The lowest BCUT2D eigenvalue weighted by Gasteiger charge is -2.26. The van der Waals surface area contributed by atoms with Crippen molar-refractivity contribution in [3.8, 4) is 0 Å². The molecule has 1 aliphatic rings. The summed E-state index contributed by atoms with van der Waals surface area (Å²) < 4.78 is 1.09. The van der Waals surface area contributed by atoms with Crippen LogP contribution in [-0.2, 0) is 6.54 Å². The van der Waals surface area contributed by atoms with Gasteiger partial charge in [0.25, 0.3) is 0 Å². The van der Waals surface area contributed by atoms with E-state index in [1.807, 2.05) is 18.2 Å². The third kappa shape index (κ3) is 4.23. The summed E-state index contributed by atoms with van der Waals surface area (Å²) >= 11 is 9.51. The van der Waals surface area contributed by atoms with Gasteiger partial charge in [-0.2, -0.15) is 0 Å². The molecule has 0 amide bonds. The number of hydrogen-bond donors (Lipinski definition) is 2. The minimum Gasteiger partial charge on any atom is -0.393 e. The van der Waals surface area contributed by atoms with Gasteiger partial charge in [-0.25, -0.2) is 0 Å². The van der Waals surface area contributed by atoms with E-state index in [9.17, 15) is 5.11 Å². The predicted molar refractivity (Wildman–Crippen MR) is 78.8 cm³/mol. The van der Waals surface area contributed by atoms with Crippen LogP contribution in [0.1, 0.15) is 31.2 Å². The van der Waals surface area contributed by atoms with Crippen LogP contribution in [0.2, 0.25) is 5.02 Å². The molecule has 0 spiro atoms. The highest BCUT2D eigenvalue weighted by Gasteiger charge is 2.19. The largest absolute Gasteiger partial charge is 0.393 e. The Kier molecular flexibility index (Phi) is 5.49. The molecule has 100 valence electrons. The number of benzene rings is 1. The molecule has 1 aliphatic carbocycles. The van der Waals surface area contributed by atoms with E-state index in [0.717, 1.165) is 41.8 Å². The molecule has 2 nitrogen and oxygen atoms in total. The van der Waals surface area contributed by atoms with E-state index in [1.54, 1.807) is 0 Å². The molecule has 4 heteroatoms. The molecule has 1 saturated carbocycles. The maximum Gasteiger partial charge on any atom is 0.0543 e. The molecule has 1 fully saturated rings. The summed E-state index contributed by atoms with van der Waals surface area (Å²) in [5, 5.41) is 13.9. The van der Waals surface area contributed by atoms with E-state index in [0.29, 0.717) is 5.92 Å². The molecule has 0 heterocycles. The SMILES string of the molecule is OC1CCCC(CNCc2cc(Cl)ccc2Br)C1. The van der Waals surface area contributed by atoms with Crippen LogP contribution in [-0.4, -0.2) is 17.8 Å². The van der Waals surface area contributed by atoms with E-state index >= 15 is 0 Å². The van der Waals surface area contributed by atoms with Gasteiger partial charge in [0.2, 0.25) is 0 Å². The summed E-state index contributed by atoms with van der Waals surface area (Å²) in [4.78, 5) is 0. The molecule has 2 atom stereocenters. The summed E-state index contributed by atoms with van der Waals surface area (Å²) in [7, 11) is 0. The third-order valence-corrected chi connectivity index (χ3v) is 4.52. The fourth-order valence-corrected chi connectivity index (χ4v) is 3.12. The molecular weight excluding hydrogens is 314 g/mol. The van der Waals surface area contributed by atoms with Crippen LogP contribution in [0, 0.1) is 5.92 Å². The summed E-state index contributed by atoms with van der Waals surface area (Å²) in [5.41, 5.74) is 1.18. The Morgan fingerprint density at radius 3 is 3.00 bits per heavy atom. The normalized spacial score (nSPS) is 24.2. The number of aliphatic hydroxyl groups is 1. The van der Waals surface area contributed by atoms with Crippen molar-refractivity contribution in [2.24, 2.45) is 5.92 Å². The van der Waals surface area contributed by atoms with E-state index in [1.165, 1.54) is 12.0 Å². The first-order valence-electron chi connectivity index (χ1n) is 6.48. The highest BCUT2D eigenvalue weighted by atomic mass is 79.9. The highest BCUT2D eigenvalue weighted by Crippen LogP contribution is 2.24. The van der Waals surface area contributed by atoms with E-state index in [4.69, 9.17) is 11.6 Å². The zero-order valence-corrected chi connectivity index (χ0v) is 12.7. The van der Waals surface area contributed by atoms with Crippen LogP contribution in [0.25, 0.3) is 0 Å². The van der Waals surface area contributed by atoms with E-state index in [-0.39, 0.29) is 6.10 Å². The number of rotatable bonds is 4. The molecule has 1 aromatic carbocycles. The fourth-order valence-electron chi connectivity index (χ4n) is 2.54. The van der Waals surface area contributed by atoms with Gasteiger partial charge in [-0.3, -0.25) is 0 Å². The standard InChI is InChI=1S/C14H19BrClNO/c15-14-5-4-12(16)7-11(14)9-17-8-10-2-1-3-13(18)6-10/h4-5,7,10,13,17-18H,1-3,6,8-9H2. The first kappa shape index (κ1) is 14.3. The number of halogens is 2. The average molecular weight is 333 g/mol. The zero-order valence-electron chi connectivity index (χ0n) is 10.3. The van der Waals surface area contributed by atoms with Gasteiger partial charge in [-0.1, -0.05) is 34.0 Å². The second-order valence-corrected chi connectivity index (χ2v) is 6.34. The predicted octanol–water partition coefficient (Wildman–Crippen LogP) is 3.74. The molecular formula is C14H19BrClNO. The van der Waals surface area contributed by atoms with Crippen LogP contribution >= 0.6 is 27.5 Å². The van der Waals surface area contributed by atoms with Crippen LogP contribution in [0.5, 0.6) is 0 Å². The van der Waals surface area contributed by atoms with Gasteiger partial charge in [0, 0.05) is 16.0 Å². The van der Waals surface area contributed by atoms with Gasteiger partial charge in [0.1, 0.15) is 0 Å². The Balaban J connectivity index is 1.79. The number of aliphatic hydroxyl groups excluding tert-OH is 1. The minimum absolute atomic E-state index is 0.0940. The Morgan fingerprint density at radius 1 is 1.39 bits per heavy atom. The molecule has 2 unspecified atom stereocenters. The molecule has 0 radical (unpaired) electrons. The second kappa shape index (κ2) is 6.90. The minimum atomic E-state index is -0.0940. The van der Waals surface area contributed by atoms with Gasteiger partial charge in [-0.05, 0) is 55.5 Å². The van der Waals surface area contributed by atoms with Crippen LogP contribution in [0.3, 0.4) is 0 Å². The molecule has 0 aliphatic heterocycles. The van der Waals surface area contributed by atoms with Gasteiger partial charge >= 0.3 is 0 Å². The van der Waals surface area contributed by atoms with Crippen molar-refractivity contribution in [2.75, 3.05) is 6.54 Å². The maximum atomic E-state index is 9.62. The second-order valence-electron chi connectivity index (χ2n) is 5.05. The van der Waals surface area contributed by atoms with Crippen LogP contribution < -0.4 is 5.32 Å². The topological polar surface area (TPSA) is 32.3 Å². The lowest BCUT2D eigenvalue weighted by Crippen LogP contribution is -2.29. The van der Waals surface area contributed by atoms with Crippen molar-refractivity contribution in [2.45, 2.75) is 38.3 Å². The quantitative estimate of drug-likeness (QED) is 0.880. The lowest BCUT2D eigenvalue weighted by atomic mass is 9.87. The molecule has 2 rings (SSSR count). The van der Waals surface area contributed by atoms with E-state index in [2.05, 4.69) is 21.2 Å². The summed E-state index contributed by atoms with van der Waals surface area (Å²) in [6.07, 6.45) is 4.18. The monoisotopic (exact) mass is 331 g/mol. The van der Waals surface area contributed by atoms with E-state index < -0.39 is 0 Å². The van der Waals surface area contributed by atoms with Crippen LogP contribution in [0.15, 0.2) is 22.7 Å². The summed E-state index contributed by atoms with van der Waals surface area (Å²) in [5.74, 6) is 0.603. The van der Waals surface area contributed by atoms with Gasteiger partial charge in [0.15, 0.2) is 0 Å². The Hall–Kier alpha value is -0.0900. The summed E-state index contributed by atoms with van der Waals surface area (Å²) in [6.45, 7) is 1.78. The Bertz CT molecular complexity index is 399. The van der Waals surface area contributed by atoms with Crippen molar-refractivity contribution in [3.05, 3.63) is 33.3 Å².